The van der Waals surface area contributed by atoms with Gasteiger partial charge in [0.15, 0.2) is 11.6 Å². The predicted octanol–water partition coefficient (Wildman–Crippen LogP) is 7.93. The van der Waals surface area contributed by atoms with Crippen molar-refractivity contribution in [3.8, 4) is 0 Å². The molecule has 0 radical (unpaired) electrons. The van der Waals surface area contributed by atoms with Crippen molar-refractivity contribution < 1.29 is 14.4 Å². The Morgan fingerprint density at radius 3 is 2.42 bits per heavy atom. The first-order valence-corrected chi connectivity index (χ1v) is 15.2. The molecule has 0 bridgehead atoms. The Morgan fingerprint density at radius 1 is 0.907 bits per heavy atom. The number of anilines is 1. The van der Waals surface area contributed by atoms with Crippen LogP contribution in [0.3, 0.4) is 0 Å². The topological polar surface area (TPSA) is 66.5 Å². The largest absolute Gasteiger partial charge is 0.358 e. The molecule has 0 unspecified atom stereocenters. The third-order valence-corrected chi connectivity index (χ3v) is 9.64. The lowest BCUT2D eigenvalue weighted by molar-refractivity contribution is -0.122. The quantitative estimate of drug-likeness (QED) is 0.226. The van der Waals surface area contributed by atoms with Crippen molar-refractivity contribution in [1.29, 1.82) is 0 Å². The monoisotopic (exact) mass is 606 g/mol. The van der Waals surface area contributed by atoms with Gasteiger partial charge in [0.2, 0.25) is 5.91 Å². The highest BCUT2D eigenvalue weighted by atomic mass is 35.5. The summed E-state index contributed by atoms with van der Waals surface area (Å²) in [5.41, 5.74) is 3.61. The Balaban J connectivity index is 1.51. The van der Waals surface area contributed by atoms with Crippen LogP contribution < -0.4 is 5.32 Å². The zero-order valence-corrected chi connectivity index (χ0v) is 24.9. The molecule has 1 spiro atoms. The van der Waals surface area contributed by atoms with Gasteiger partial charge < -0.3 is 10.2 Å². The second-order valence-corrected chi connectivity index (χ2v) is 12.2. The van der Waals surface area contributed by atoms with Crippen molar-refractivity contribution in [3.05, 3.63) is 141 Å². The standard InChI is InChI=1S/C36H28Cl2N2O3/c1-2-7-21-12-14-23(15-13-21)32(41)30-31(33(42)26-17-16-24(37)20-28(26)38)40-19-18-22-8-3-4-9-25(22)34(40)36(30)27-10-5-6-11-29(27)39-35(36)43/h3-6,8-20,30-31,34H,2,7H2,1H3,(H,39,43)/t30-,31+,34+,36+/m0/s1. The highest BCUT2D eigenvalue weighted by Crippen LogP contribution is 2.62. The number of rotatable bonds is 6. The summed E-state index contributed by atoms with van der Waals surface area (Å²) >= 11 is 12.8. The number of hydrogen-bond donors (Lipinski definition) is 1. The number of para-hydroxylation sites is 1. The fourth-order valence-electron chi connectivity index (χ4n) is 7.32. The van der Waals surface area contributed by atoms with Crippen molar-refractivity contribution in [1.82, 2.24) is 4.90 Å². The normalized spacial score (nSPS) is 23.1. The minimum absolute atomic E-state index is 0.197. The molecule has 1 amide bonds. The maximum absolute atomic E-state index is 14.9. The number of carbonyl (C=O) groups excluding carboxylic acids is 3. The molecule has 43 heavy (non-hydrogen) atoms. The van der Waals surface area contributed by atoms with Crippen molar-refractivity contribution in [2.24, 2.45) is 5.92 Å². The highest BCUT2D eigenvalue weighted by Gasteiger charge is 2.70. The van der Waals surface area contributed by atoms with E-state index in [1.807, 2.05) is 90.0 Å². The molecule has 4 atom stereocenters. The van der Waals surface area contributed by atoms with E-state index in [9.17, 15) is 14.4 Å². The van der Waals surface area contributed by atoms with E-state index in [1.165, 1.54) is 6.07 Å². The van der Waals surface area contributed by atoms with E-state index in [2.05, 4.69) is 12.2 Å². The number of amides is 1. The van der Waals surface area contributed by atoms with Gasteiger partial charge >= 0.3 is 0 Å². The molecule has 3 aliphatic rings. The minimum atomic E-state index is -1.39. The lowest BCUT2D eigenvalue weighted by Gasteiger charge is -2.38. The van der Waals surface area contributed by atoms with Gasteiger partial charge in [-0.1, -0.05) is 103 Å². The number of halogens is 2. The molecular formula is C36H28Cl2N2O3. The zero-order valence-electron chi connectivity index (χ0n) is 23.4. The summed E-state index contributed by atoms with van der Waals surface area (Å²) in [7, 11) is 0. The molecule has 1 fully saturated rings. The Hall–Kier alpha value is -4.19. The molecule has 0 saturated carbocycles. The number of Topliss-reactive ketones (excluding diaryl/α,β-unsaturated/α-hetero) is 2. The van der Waals surface area contributed by atoms with Gasteiger partial charge in [0, 0.05) is 28.0 Å². The summed E-state index contributed by atoms with van der Waals surface area (Å²) in [6, 6.07) is 26.0. The zero-order chi connectivity index (χ0) is 29.9. The van der Waals surface area contributed by atoms with E-state index < -0.39 is 23.4 Å². The minimum Gasteiger partial charge on any atom is -0.358 e. The van der Waals surface area contributed by atoms with Crippen LogP contribution in [0, 0.1) is 5.92 Å². The molecule has 7 heteroatoms. The van der Waals surface area contributed by atoms with Crippen molar-refractivity contribution in [3.63, 3.8) is 0 Å². The molecule has 214 valence electrons. The summed E-state index contributed by atoms with van der Waals surface area (Å²) < 4.78 is 0. The fraction of sp³-hybridized carbons (Fsp3) is 0.194. The molecule has 0 aromatic heterocycles. The van der Waals surface area contributed by atoms with Crippen LogP contribution in [0.25, 0.3) is 6.08 Å². The Kier molecular flexibility index (Phi) is 6.76. The van der Waals surface area contributed by atoms with E-state index in [-0.39, 0.29) is 28.1 Å². The van der Waals surface area contributed by atoms with Gasteiger partial charge in [0.1, 0.15) is 11.5 Å². The molecule has 3 aliphatic heterocycles. The molecule has 0 aliphatic carbocycles. The van der Waals surface area contributed by atoms with E-state index in [4.69, 9.17) is 23.2 Å². The number of carbonyl (C=O) groups is 3. The number of benzene rings is 4. The number of nitrogens with zero attached hydrogens (tertiary/aromatic N) is 1. The molecule has 4 aromatic carbocycles. The van der Waals surface area contributed by atoms with Crippen molar-refractivity contribution >= 4 is 52.4 Å². The van der Waals surface area contributed by atoms with E-state index in [0.717, 1.165) is 29.5 Å². The predicted molar refractivity (Wildman–Crippen MR) is 170 cm³/mol. The molecule has 4 aromatic rings. The van der Waals surface area contributed by atoms with E-state index >= 15 is 0 Å². The Morgan fingerprint density at radius 2 is 1.65 bits per heavy atom. The number of fused-ring (bicyclic) bond motifs is 6. The van der Waals surface area contributed by atoms with Gasteiger partial charge in [0.25, 0.3) is 0 Å². The molecule has 1 saturated heterocycles. The van der Waals surface area contributed by atoms with Gasteiger partial charge in [-0.05, 0) is 59.0 Å². The first-order valence-electron chi connectivity index (χ1n) is 14.4. The maximum Gasteiger partial charge on any atom is 0.238 e. The summed E-state index contributed by atoms with van der Waals surface area (Å²) in [5.74, 6) is -1.97. The average Bonchev–Trinajstić information content (AvgIpc) is 3.49. The average molecular weight is 608 g/mol. The third-order valence-electron chi connectivity index (χ3n) is 9.10. The Bertz CT molecular complexity index is 1830. The number of ketones is 2. The van der Waals surface area contributed by atoms with Crippen LogP contribution in [0.15, 0.2) is 97.2 Å². The highest BCUT2D eigenvalue weighted by molar-refractivity contribution is 6.37. The van der Waals surface area contributed by atoms with Gasteiger partial charge in [0.05, 0.1) is 17.0 Å². The first-order chi connectivity index (χ1) is 20.9. The first kappa shape index (κ1) is 27.6. The van der Waals surface area contributed by atoms with E-state index in [1.54, 1.807) is 12.1 Å². The summed E-state index contributed by atoms with van der Waals surface area (Å²) in [4.78, 5) is 46.1. The number of aryl methyl sites for hydroxylation is 1. The summed E-state index contributed by atoms with van der Waals surface area (Å²) in [6.07, 6.45) is 5.67. The summed E-state index contributed by atoms with van der Waals surface area (Å²) in [5, 5.41) is 3.68. The van der Waals surface area contributed by atoms with Crippen molar-refractivity contribution in [2.45, 2.75) is 37.3 Å². The van der Waals surface area contributed by atoms with Crippen LogP contribution >= 0.6 is 23.2 Å². The van der Waals surface area contributed by atoms with Gasteiger partial charge in [-0.15, -0.1) is 0 Å². The van der Waals surface area contributed by atoms with Crippen molar-refractivity contribution in [2.75, 3.05) is 5.32 Å². The lowest BCUT2D eigenvalue weighted by Crippen LogP contribution is -2.49. The van der Waals surface area contributed by atoms with Gasteiger partial charge in [-0.3, -0.25) is 14.4 Å². The summed E-state index contributed by atoms with van der Waals surface area (Å²) in [6.45, 7) is 2.11. The second-order valence-electron chi connectivity index (χ2n) is 11.4. The fourth-order valence-corrected chi connectivity index (χ4v) is 7.82. The van der Waals surface area contributed by atoms with Crippen LogP contribution in [0.2, 0.25) is 10.0 Å². The van der Waals surface area contributed by atoms with Gasteiger partial charge in [-0.25, -0.2) is 0 Å². The van der Waals surface area contributed by atoms with Crippen LogP contribution in [-0.4, -0.2) is 28.4 Å². The molecule has 7 rings (SSSR count). The van der Waals surface area contributed by atoms with E-state index in [0.29, 0.717) is 21.8 Å². The van der Waals surface area contributed by atoms with Crippen LogP contribution in [0.4, 0.5) is 5.69 Å². The molecule has 3 heterocycles. The maximum atomic E-state index is 14.9. The van der Waals surface area contributed by atoms with Crippen LogP contribution in [-0.2, 0) is 16.6 Å². The van der Waals surface area contributed by atoms with Gasteiger partial charge in [-0.2, -0.15) is 0 Å². The lowest BCUT2D eigenvalue weighted by atomic mass is 9.62. The third kappa shape index (κ3) is 4.10. The molecule has 5 nitrogen and oxygen atoms in total. The number of hydrogen-bond acceptors (Lipinski definition) is 4. The van der Waals surface area contributed by atoms with Crippen LogP contribution in [0.5, 0.6) is 0 Å². The Labute approximate surface area is 260 Å². The SMILES string of the molecule is CCCc1ccc(C(=O)[C@@H]2[C@H](C(=O)c3ccc(Cl)cc3Cl)N3C=Cc4ccccc4[C@@H]3[C@]23C(=O)Nc2ccccc23)cc1. The smallest absolute Gasteiger partial charge is 0.238 e. The molecular weight excluding hydrogens is 579 g/mol. The number of nitrogens with one attached hydrogen (secondary N) is 1. The second kappa shape index (κ2) is 10.5. The van der Waals surface area contributed by atoms with Crippen LogP contribution in [0.1, 0.15) is 62.4 Å². The molecule has 1 N–H and O–H groups in total.